The molecule has 1 aliphatic rings. The van der Waals surface area contributed by atoms with Crippen molar-refractivity contribution in [1.29, 1.82) is 0 Å². The zero-order valence-corrected chi connectivity index (χ0v) is 11.8. The lowest BCUT2D eigenvalue weighted by molar-refractivity contribution is -0.385. The van der Waals surface area contributed by atoms with Gasteiger partial charge in [-0.25, -0.2) is 0 Å². The van der Waals surface area contributed by atoms with Gasteiger partial charge in [-0.15, -0.1) is 0 Å². The van der Waals surface area contributed by atoms with Crippen LogP contribution < -0.4 is 4.90 Å². The fraction of sp³-hybridized carbons (Fsp3) is 0.500. The van der Waals surface area contributed by atoms with Crippen LogP contribution in [-0.4, -0.2) is 48.3 Å². The molecule has 0 unspecified atom stereocenters. The van der Waals surface area contributed by atoms with Gasteiger partial charge in [0.25, 0.3) is 5.69 Å². The van der Waals surface area contributed by atoms with E-state index in [9.17, 15) is 14.9 Å². The zero-order chi connectivity index (χ0) is 14.7. The number of hydrogen-bond acceptors (Lipinski definition) is 5. The van der Waals surface area contributed by atoms with Crippen LogP contribution in [0.4, 0.5) is 11.4 Å². The second-order valence-electron chi connectivity index (χ2n) is 4.94. The molecule has 1 fully saturated rings. The molecule has 1 heterocycles. The van der Waals surface area contributed by atoms with Gasteiger partial charge >= 0.3 is 0 Å². The molecule has 6 nitrogen and oxygen atoms in total. The molecule has 1 aromatic rings. The van der Waals surface area contributed by atoms with Crippen molar-refractivity contribution in [3.8, 4) is 0 Å². The number of ketones is 1. The molecule has 0 radical (unpaired) electrons. The van der Waals surface area contributed by atoms with E-state index in [1.165, 1.54) is 13.0 Å². The molecule has 0 aromatic heterocycles. The summed E-state index contributed by atoms with van der Waals surface area (Å²) in [5.41, 5.74) is 0.885. The monoisotopic (exact) mass is 277 g/mol. The second kappa shape index (κ2) is 6.00. The third-order valence-electron chi connectivity index (χ3n) is 3.74. The molecule has 1 aromatic carbocycles. The number of piperazine rings is 1. The van der Waals surface area contributed by atoms with E-state index in [2.05, 4.69) is 16.7 Å². The van der Waals surface area contributed by atoms with Crippen molar-refractivity contribution < 1.29 is 9.72 Å². The summed E-state index contributed by atoms with van der Waals surface area (Å²) in [7, 11) is 0. The number of nitro groups is 1. The first-order valence-electron chi connectivity index (χ1n) is 6.79. The Bertz CT molecular complexity index is 522. The summed E-state index contributed by atoms with van der Waals surface area (Å²) in [5.74, 6) is -0.279. The van der Waals surface area contributed by atoms with E-state index in [-0.39, 0.29) is 17.0 Å². The van der Waals surface area contributed by atoms with Crippen LogP contribution in [0.15, 0.2) is 18.2 Å². The van der Waals surface area contributed by atoms with Gasteiger partial charge in [-0.3, -0.25) is 14.9 Å². The fourth-order valence-electron chi connectivity index (χ4n) is 2.49. The summed E-state index contributed by atoms with van der Waals surface area (Å²) in [6, 6.07) is 4.87. The minimum Gasteiger partial charge on any atom is -0.369 e. The van der Waals surface area contributed by atoms with Gasteiger partial charge in [-0.2, -0.15) is 0 Å². The standard InChI is InChI=1S/C14H19N3O3/c1-3-15-6-8-16(9-7-15)12-4-5-13(11(2)18)14(10-12)17(19)20/h4-5,10H,3,6-9H2,1-2H3. The molecule has 20 heavy (non-hydrogen) atoms. The van der Waals surface area contributed by atoms with Crippen LogP contribution in [0.3, 0.4) is 0 Å². The van der Waals surface area contributed by atoms with Crippen molar-refractivity contribution in [2.45, 2.75) is 13.8 Å². The lowest BCUT2D eigenvalue weighted by atomic mass is 10.1. The summed E-state index contributed by atoms with van der Waals surface area (Å²) in [4.78, 5) is 26.5. The summed E-state index contributed by atoms with van der Waals surface area (Å²) in [5, 5.41) is 11.1. The number of carbonyl (C=O) groups is 1. The van der Waals surface area contributed by atoms with Crippen molar-refractivity contribution in [2.75, 3.05) is 37.6 Å². The van der Waals surface area contributed by atoms with Crippen molar-refractivity contribution in [2.24, 2.45) is 0 Å². The number of likely N-dealkylation sites (N-methyl/N-ethyl adjacent to an activating group) is 1. The Labute approximate surface area is 118 Å². The first-order valence-corrected chi connectivity index (χ1v) is 6.79. The molecule has 0 amide bonds. The second-order valence-corrected chi connectivity index (χ2v) is 4.94. The predicted octanol–water partition coefficient (Wildman–Crippen LogP) is 1.94. The molecular formula is C14H19N3O3. The maximum absolute atomic E-state index is 11.4. The van der Waals surface area contributed by atoms with Gasteiger partial charge in [0.05, 0.1) is 10.5 Å². The van der Waals surface area contributed by atoms with Crippen molar-refractivity contribution in [3.05, 3.63) is 33.9 Å². The molecular weight excluding hydrogens is 258 g/mol. The number of benzene rings is 1. The highest BCUT2D eigenvalue weighted by Gasteiger charge is 2.21. The third kappa shape index (κ3) is 2.96. The van der Waals surface area contributed by atoms with Crippen LogP contribution in [0.2, 0.25) is 0 Å². The molecule has 0 N–H and O–H groups in total. The predicted molar refractivity (Wildman–Crippen MR) is 77.4 cm³/mol. The molecule has 2 rings (SSSR count). The summed E-state index contributed by atoms with van der Waals surface area (Å²) < 4.78 is 0. The van der Waals surface area contributed by atoms with Gasteiger partial charge < -0.3 is 9.80 Å². The Kier molecular flexibility index (Phi) is 4.34. The van der Waals surface area contributed by atoms with Crippen molar-refractivity contribution in [3.63, 3.8) is 0 Å². The average molecular weight is 277 g/mol. The minimum atomic E-state index is -0.484. The Balaban J connectivity index is 2.24. The largest absolute Gasteiger partial charge is 0.369 e. The lowest BCUT2D eigenvalue weighted by Gasteiger charge is -2.35. The fourth-order valence-corrected chi connectivity index (χ4v) is 2.49. The summed E-state index contributed by atoms with van der Waals surface area (Å²) in [6.07, 6.45) is 0. The Morgan fingerprint density at radius 1 is 1.30 bits per heavy atom. The highest BCUT2D eigenvalue weighted by Crippen LogP contribution is 2.26. The van der Waals surface area contributed by atoms with E-state index in [4.69, 9.17) is 0 Å². The van der Waals surface area contributed by atoms with Gasteiger partial charge in [0.2, 0.25) is 0 Å². The highest BCUT2D eigenvalue weighted by molar-refractivity contribution is 5.98. The van der Waals surface area contributed by atoms with Crippen molar-refractivity contribution in [1.82, 2.24) is 4.90 Å². The van der Waals surface area contributed by atoms with Crippen LogP contribution in [0.25, 0.3) is 0 Å². The van der Waals surface area contributed by atoms with Crippen LogP contribution in [0.1, 0.15) is 24.2 Å². The Hall–Kier alpha value is -1.95. The quantitative estimate of drug-likeness (QED) is 0.478. The van der Waals surface area contributed by atoms with Gasteiger partial charge in [-0.05, 0) is 25.6 Å². The summed E-state index contributed by atoms with van der Waals surface area (Å²) in [6.45, 7) is 8.12. The maximum Gasteiger partial charge on any atom is 0.282 e. The van der Waals surface area contributed by atoms with Crippen LogP contribution in [0, 0.1) is 10.1 Å². The average Bonchev–Trinajstić information content (AvgIpc) is 2.46. The topological polar surface area (TPSA) is 66.7 Å². The van der Waals surface area contributed by atoms with Gasteiger partial charge in [-0.1, -0.05) is 6.92 Å². The number of nitro benzene ring substituents is 1. The number of nitrogens with zero attached hydrogens (tertiary/aromatic N) is 3. The van der Waals surface area contributed by atoms with Gasteiger partial charge in [0, 0.05) is 37.9 Å². The molecule has 1 saturated heterocycles. The first kappa shape index (κ1) is 14.5. The maximum atomic E-state index is 11.4. The molecule has 0 aliphatic carbocycles. The van der Waals surface area contributed by atoms with Crippen LogP contribution in [0.5, 0.6) is 0 Å². The Morgan fingerprint density at radius 2 is 1.95 bits per heavy atom. The molecule has 0 saturated carbocycles. The van der Waals surface area contributed by atoms with E-state index in [0.29, 0.717) is 0 Å². The SMILES string of the molecule is CCN1CCN(c2ccc(C(C)=O)c([N+](=O)[O-])c2)CC1. The third-order valence-corrected chi connectivity index (χ3v) is 3.74. The minimum absolute atomic E-state index is 0.104. The zero-order valence-electron chi connectivity index (χ0n) is 11.8. The molecule has 6 heteroatoms. The summed E-state index contributed by atoms with van der Waals surface area (Å²) >= 11 is 0. The number of Topliss-reactive ketones (excluding diaryl/α,β-unsaturated/α-hetero) is 1. The smallest absolute Gasteiger partial charge is 0.282 e. The van der Waals surface area contributed by atoms with Crippen LogP contribution in [-0.2, 0) is 0 Å². The van der Waals surface area contributed by atoms with Crippen LogP contribution >= 0.6 is 0 Å². The van der Waals surface area contributed by atoms with E-state index < -0.39 is 4.92 Å². The molecule has 0 spiro atoms. The van der Waals surface area contributed by atoms with E-state index in [1.807, 2.05) is 0 Å². The van der Waals surface area contributed by atoms with E-state index in [0.717, 1.165) is 38.4 Å². The van der Waals surface area contributed by atoms with E-state index >= 15 is 0 Å². The number of rotatable bonds is 4. The van der Waals surface area contributed by atoms with Crippen molar-refractivity contribution >= 4 is 17.2 Å². The normalized spacial score (nSPS) is 16.2. The number of anilines is 1. The molecule has 0 bridgehead atoms. The van der Waals surface area contributed by atoms with E-state index in [1.54, 1.807) is 12.1 Å². The Morgan fingerprint density at radius 3 is 2.45 bits per heavy atom. The van der Waals surface area contributed by atoms with Gasteiger partial charge in [0.15, 0.2) is 5.78 Å². The molecule has 0 atom stereocenters. The lowest BCUT2D eigenvalue weighted by Crippen LogP contribution is -2.46. The van der Waals surface area contributed by atoms with Gasteiger partial charge in [0.1, 0.15) is 0 Å². The number of hydrogen-bond donors (Lipinski definition) is 0. The first-order chi connectivity index (χ1) is 9.52. The number of carbonyl (C=O) groups excluding carboxylic acids is 1. The molecule has 108 valence electrons. The molecule has 1 aliphatic heterocycles. The highest BCUT2D eigenvalue weighted by atomic mass is 16.6.